The summed E-state index contributed by atoms with van der Waals surface area (Å²) >= 11 is 0. The van der Waals surface area contributed by atoms with Gasteiger partial charge in [-0.2, -0.15) is 4.39 Å². The highest BCUT2D eigenvalue weighted by atomic mass is 19.1. The zero-order chi connectivity index (χ0) is 12.8. The van der Waals surface area contributed by atoms with Crippen LogP contribution in [-0.2, 0) is 9.53 Å². The number of benzene rings is 1. The number of hydrogen-bond acceptors (Lipinski definition) is 4. The van der Waals surface area contributed by atoms with Gasteiger partial charge in [0.1, 0.15) is 17.9 Å². The number of esters is 1. The van der Waals surface area contributed by atoms with E-state index in [2.05, 4.69) is 9.47 Å². The maximum atomic E-state index is 13.1. The monoisotopic (exact) mass is 244 g/mol. The summed E-state index contributed by atoms with van der Waals surface area (Å²) in [7, 11) is 0. The minimum absolute atomic E-state index is 0.00531. The van der Waals surface area contributed by atoms with E-state index < -0.39 is 18.1 Å². The van der Waals surface area contributed by atoms with Crippen molar-refractivity contribution in [2.45, 2.75) is 13.3 Å². The third kappa shape index (κ3) is 3.82. The second-order valence-electron chi connectivity index (χ2n) is 3.02. The van der Waals surface area contributed by atoms with Crippen molar-refractivity contribution in [2.75, 3.05) is 6.61 Å². The minimum Gasteiger partial charge on any atom is -0.461 e. The molecular formula is C11H10F2O4. The molecule has 0 heterocycles. The molecule has 4 nitrogen and oxygen atoms in total. The predicted molar refractivity (Wildman–Crippen MR) is 53.9 cm³/mol. The molecule has 0 spiro atoms. The summed E-state index contributed by atoms with van der Waals surface area (Å²) in [6.45, 7) is 1.52. The number of ether oxygens (including phenoxy) is 2. The summed E-state index contributed by atoms with van der Waals surface area (Å²) in [5, 5.41) is 0. The van der Waals surface area contributed by atoms with Crippen molar-refractivity contribution in [3.63, 3.8) is 0 Å². The quantitative estimate of drug-likeness (QED) is 0.586. The van der Waals surface area contributed by atoms with Crippen molar-refractivity contribution in [3.05, 3.63) is 29.6 Å². The van der Waals surface area contributed by atoms with Gasteiger partial charge >= 0.3 is 12.3 Å². The number of carbonyl (C=O) groups is 2. The van der Waals surface area contributed by atoms with Gasteiger partial charge in [0.25, 0.3) is 0 Å². The lowest BCUT2D eigenvalue weighted by molar-refractivity contribution is -0.159. The van der Waals surface area contributed by atoms with Crippen LogP contribution in [0.5, 0.6) is 5.75 Å². The van der Waals surface area contributed by atoms with E-state index in [9.17, 15) is 18.4 Å². The van der Waals surface area contributed by atoms with Crippen molar-refractivity contribution in [1.29, 1.82) is 0 Å². The molecule has 0 amide bonds. The van der Waals surface area contributed by atoms with Gasteiger partial charge in [0, 0.05) is 11.6 Å². The first-order valence-electron chi connectivity index (χ1n) is 4.80. The van der Waals surface area contributed by atoms with Crippen LogP contribution >= 0.6 is 0 Å². The summed E-state index contributed by atoms with van der Waals surface area (Å²) < 4.78 is 34.9. The van der Waals surface area contributed by atoms with Crippen molar-refractivity contribution >= 4 is 12.3 Å². The zero-order valence-electron chi connectivity index (χ0n) is 8.98. The molecule has 0 saturated heterocycles. The van der Waals surface area contributed by atoms with Gasteiger partial charge in [-0.25, -0.2) is 9.18 Å². The predicted octanol–water partition coefficient (Wildman–Crippen LogP) is 1.88. The van der Waals surface area contributed by atoms with Crippen LogP contribution in [0.25, 0.3) is 0 Å². The number of halogens is 2. The molecule has 1 unspecified atom stereocenters. The molecule has 6 heteroatoms. The Morgan fingerprint density at radius 2 is 2.18 bits per heavy atom. The summed E-state index contributed by atoms with van der Waals surface area (Å²) in [6, 6.07) is 2.93. The number of carbonyl (C=O) groups excluding carboxylic acids is 2. The van der Waals surface area contributed by atoms with Crippen LogP contribution in [0.2, 0.25) is 0 Å². The average molecular weight is 244 g/mol. The topological polar surface area (TPSA) is 52.6 Å². The molecule has 0 saturated carbocycles. The summed E-state index contributed by atoms with van der Waals surface area (Å²) in [6.07, 6.45) is -1.97. The highest BCUT2D eigenvalue weighted by Gasteiger charge is 2.20. The number of aldehydes is 1. The normalized spacial score (nSPS) is 11.7. The molecule has 0 aliphatic rings. The fourth-order valence-corrected chi connectivity index (χ4v) is 1.10. The third-order valence-corrected chi connectivity index (χ3v) is 1.74. The second-order valence-corrected chi connectivity index (χ2v) is 3.02. The van der Waals surface area contributed by atoms with Gasteiger partial charge in [-0.15, -0.1) is 0 Å². The van der Waals surface area contributed by atoms with Crippen molar-refractivity contribution < 1.29 is 27.8 Å². The average Bonchev–Trinajstić information content (AvgIpc) is 2.28. The van der Waals surface area contributed by atoms with Crippen molar-refractivity contribution in [3.8, 4) is 5.75 Å². The van der Waals surface area contributed by atoms with Crippen molar-refractivity contribution in [1.82, 2.24) is 0 Å². The lowest BCUT2D eigenvalue weighted by Gasteiger charge is -2.10. The van der Waals surface area contributed by atoms with Crippen LogP contribution in [0.1, 0.15) is 17.3 Å². The highest BCUT2D eigenvalue weighted by Crippen LogP contribution is 2.17. The smallest absolute Gasteiger partial charge is 0.381 e. The lowest BCUT2D eigenvalue weighted by Crippen LogP contribution is -2.24. The highest BCUT2D eigenvalue weighted by molar-refractivity contribution is 5.76. The molecule has 0 aliphatic heterocycles. The Balaban J connectivity index is 2.77. The standard InChI is InChI=1S/C11H10F2O4/c1-2-16-11(15)10(13)17-9-4-7(6-14)3-8(12)5-9/h3-6,10H,2H2,1H3. The van der Waals surface area contributed by atoms with E-state index in [1.54, 1.807) is 0 Å². The van der Waals surface area contributed by atoms with E-state index in [0.29, 0.717) is 6.29 Å². The van der Waals surface area contributed by atoms with Crippen LogP contribution in [0, 0.1) is 5.82 Å². The van der Waals surface area contributed by atoms with Crippen LogP contribution < -0.4 is 4.74 Å². The first kappa shape index (κ1) is 13.1. The largest absolute Gasteiger partial charge is 0.461 e. The van der Waals surface area contributed by atoms with Crippen molar-refractivity contribution in [2.24, 2.45) is 0 Å². The Bertz CT molecular complexity index is 420. The van der Waals surface area contributed by atoms with Gasteiger partial charge < -0.3 is 9.47 Å². The fraction of sp³-hybridized carbons (Fsp3) is 0.273. The molecule has 92 valence electrons. The Hall–Kier alpha value is -1.98. The van der Waals surface area contributed by atoms with E-state index in [1.165, 1.54) is 6.92 Å². The Labute approximate surface area is 96.1 Å². The number of hydrogen-bond donors (Lipinski definition) is 0. The second kappa shape index (κ2) is 5.93. The van der Waals surface area contributed by atoms with E-state index in [1.807, 2.05) is 0 Å². The van der Waals surface area contributed by atoms with Crippen LogP contribution in [0.4, 0.5) is 8.78 Å². The first-order valence-corrected chi connectivity index (χ1v) is 4.80. The first-order chi connectivity index (χ1) is 8.06. The summed E-state index contributed by atoms with van der Waals surface area (Å²) in [5.41, 5.74) is -0.0175. The Morgan fingerprint density at radius 3 is 2.76 bits per heavy atom. The molecule has 1 aromatic rings. The fourth-order valence-electron chi connectivity index (χ4n) is 1.10. The van der Waals surface area contributed by atoms with E-state index >= 15 is 0 Å². The van der Waals surface area contributed by atoms with Gasteiger partial charge in [-0.3, -0.25) is 4.79 Å². The van der Waals surface area contributed by atoms with Gasteiger partial charge in [0.05, 0.1) is 6.61 Å². The minimum atomic E-state index is -2.35. The van der Waals surface area contributed by atoms with Gasteiger partial charge in [-0.1, -0.05) is 0 Å². The number of alkyl halides is 1. The third-order valence-electron chi connectivity index (χ3n) is 1.74. The molecular weight excluding hydrogens is 234 g/mol. The van der Waals surface area contributed by atoms with E-state index in [-0.39, 0.29) is 17.9 Å². The summed E-state index contributed by atoms with van der Waals surface area (Å²) in [4.78, 5) is 21.3. The van der Waals surface area contributed by atoms with Gasteiger partial charge in [-0.05, 0) is 19.1 Å². The zero-order valence-corrected chi connectivity index (χ0v) is 8.98. The molecule has 0 bridgehead atoms. The molecule has 1 rings (SSSR count). The van der Waals surface area contributed by atoms with E-state index in [0.717, 1.165) is 18.2 Å². The van der Waals surface area contributed by atoms with Crippen LogP contribution in [-0.4, -0.2) is 25.2 Å². The lowest BCUT2D eigenvalue weighted by atomic mass is 10.2. The Kier molecular flexibility index (Phi) is 4.56. The number of rotatable bonds is 5. The maximum absolute atomic E-state index is 13.1. The molecule has 1 atom stereocenters. The molecule has 0 aromatic heterocycles. The molecule has 0 aliphatic carbocycles. The van der Waals surface area contributed by atoms with E-state index in [4.69, 9.17) is 0 Å². The molecule has 0 N–H and O–H groups in total. The summed E-state index contributed by atoms with van der Waals surface area (Å²) in [5.74, 6) is -2.22. The van der Waals surface area contributed by atoms with Crippen LogP contribution in [0.3, 0.4) is 0 Å². The van der Waals surface area contributed by atoms with Crippen LogP contribution in [0.15, 0.2) is 18.2 Å². The van der Waals surface area contributed by atoms with Gasteiger partial charge in [0.15, 0.2) is 0 Å². The Morgan fingerprint density at radius 1 is 1.47 bits per heavy atom. The molecule has 17 heavy (non-hydrogen) atoms. The maximum Gasteiger partial charge on any atom is 0.381 e. The SMILES string of the molecule is CCOC(=O)C(F)Oc1cc(F)cc(C=O)c1. The molecule has 1 aromatic carbocycles. The molecule has 0 radical (unpaired) electrons. The van der Waals surface area contributed by atoms with Gasteiger partial charge in [0.2, 0.25) is 0 Å². The molecule has 0 fully saturated rings.